The average Bonchev–Trinajstić information content (AvgIpc) is 2.66. The lowest BCUT2D eigenvalue weighted by atomic mass is 10.1. The molecule has 150 valence electrons. The number of hydrogen-bond acceptors (Lipinski definition) is 4. The van der Waals surface area contributed by atoms with Crippen LogP contribution in [0.5, 0.6) is 0 Å². The maximum absolute atomic E-state index is 12.6. The second-order valence-corrected chi connectivity index (χ2v) is 8.47. The summed E-state index contributed by atoms with van der Waals surface area (Å²) in [7, 11) is -2.45. The lowest BCUT2D eigenvalue weighted by Gasteiger charge is -2.18. The highest BCUT2D eigenvalue weighted by Crippen LogP contribution is 2.17. The van der Waals surface area contributed by atoms with Crippen LogP contribution < -0.4 is 10.6 Å². The van der Waals surface area contributed by atoms with Crippen LogP contribution in [0.4, 0.5) is 5.69 Å². The topological polar surface area (TPSA) is 95.6 Å². The molecule has 0 bridgehead atoms. The molecule has 0 aliphatic carbocycles. The van der Waals surface area contributed by atoms with Crippen LogP contribution in [-0.4, -0.2) is 44.7 Å². The van der Waals surface area contributed by atoms with Gasteiger partial charge in [-0.1, -0.05) is 36.8 Å². The zero-order chi connectivity index (χ0) is 20.7. The van der Waals surface area contributed by atoms with Gasteiger partial charge in [0.25, 0.3) is 5.91 Å². The van der Waals surface area contributed by atoms with Gasteiger partial charge < -0.3 is 10.6 Å². The zero-order valence-electron chi connectivity index (χ0n) is 16.2. The van der Waals surface area contributed by atoms with Gasteiger partial charge in [-0.25, -0.2) is 8.42 Å². The predicted molar refractivity (Wildman–Crippen MR) is 109 cm³/mol. The van der Waals surface area contributed by atoms with Gasteiger partial charge in [-0.05, 0) is 37.6 Å². The van der Waals surface area contributed by atoms with Crippen molar-refractivity contribution in [3.8, 4) is 0 Å². The highest BCUT2D eigenvalue weighted by Gasteiger charge is 2.23. The van der Waals surface area contributed by atoms with Crippen LogP contribution in [0.2, 0.25) is 0 Å². The number of sulfonamides is 1. The van der Waals surface area contributed by atoms with Gasteiger partial charge >= 0.3 is 0 Å². The molecule has 0 aromatic heterocycles. The minimum atomic E-state index is -3.79. The lowest BCUT2D eigenvalue weighted by Crippen LogP contribution is -2.35. The first-order valence-electron chi connectivity index (χ1n) is 8.95. The highest BCUT2D eigenvalue weighted by atomic mass is 32.2. The third-order valence-electron chi connectivity index (χ3n) is 4.08. The molecule has 2 rings (SSSR count). The van der Waals surface area contributed by atoms with Gasteiger partial charge in [0.1, 0.15) is 0 Å². The second kappa shape index (κ2) is 9.48. The van der Waals surface area contributed by atoms with E-state index in [2.05, 4.69) is 10.6 Å². The smallest absolute Gasteiger partial charge is 0.253 e. The van der Waals surface area contributed by atoms with Crippen LogP contribution in [0.25, 0.3) is 0 Å². The third-order valence-corrected chi connectivity index (χ3v) is 5.89. The first-order valence-corrected chi connectivity index (χ1v) is 10.4. The van der Waals surface area contributed by atoms with E-state index < -0.39 is 15.9 Å². The van der Waals surface area contributed by atoms with Crippen LogP contribution in [0.1, 0.15) is 29.3 Å². The fourth-order valence-corrected chi connectivity index (χ4v) is 3.62. The average molecular weight is 404 g/mol. The molecule has 0 saturated heterocycles. The third kappa shape index (κ3) is 5.40. The molecule has 2 N–H and O–H groups in total. The molecule has 2 aromatic rings. The Labute approximate surface area is 165 Å². The fourth-order valence-electron chi connectivity index (χ4n) is 2.49. The highest BCUT2D eigenvalue weighted by molar-refractivity contribution is 7.89. The molecule has 0 atom stereocenters. The Kier molecular flexibility index (Phi) is 7.31. The number of hydrogen-bond donors (Lipinski definition) is 2. The van der Waals surface area contributed by atoms with Crippen molar-refractivity contribution in [2.24, 2.45) is 0 Å². The summed E-state index contributed by atoms with van der Waals surface area (Å²) in [6.07, 6.45) is 0.794. The number of nitrogens with zero attached hydrogens (tertiary/aromatic N) is 1. The van der Waals surface area contributed by atoms with Crippen molar-refractivity contribution >= 4 is 27.5 Å². The molecule has 8 heteroatoms. The molecule has 0 unspecified atom stereocenters. The minimum absolute atomic E-state index is 0.118. The quantitative estimate of drug-likeness (QED) is 0.707. The molecular formula is C20H25N3O4S. The van der Waals surface area contributed by atoms with Gasteiger partial charge in [-0.3, -0.25) is 9.59 Å². The van der Waals surface area contributed by atoms with Crippen molar-refractivity contribution in [3.63, 3.8) is 0 Å². The summed E-state index contributed by atoms with van der Waals surface area (Å²) in [6, 6.07) is 13.0. The Morgan fingerprint density at radius 3 is 2.32 bits per heavy atom. The van der Waals surface area contributed by atoms with Crippen molar-refractivity contribution in [1.29, 1.82) is 0 Å². The Morgan fingerprint density at radius 2 is 1.68 bits per heavy atom. The molecular weight excluding hydrogens is 378 g/mol. The number of rotatable bonds is 8. The van der Waals surface area contributed by atoms with E-state index in [1.54, 1.807) is 36.4 Å². The predicted octanol–water partition coefficient (Wildman–Crippen LogP) is 2.39. The summed E-state index contributed by atoms with van der Waals surface area (Å²) in [5.41, 5.74) is 1.60. The molecule has 0 spiro atoms. The number of anilines is 1. The monoisotopic (exact) mass is 403 g/mol. The number of carbonyl (C=O) groups is 2. The maximum Gasteiger partial charge on any atom is 0.253 e. The largest absolute Gasteiger partial charge is 0.352 e. The Hall–Kier alpha value is -2.71. The van der Waals surface area contributed by atoms with Crippen LogP contribution in [0, 0.1) is 6.92 Å². The van der Waals surface area contributed by atoms with Gasteiger partial charge in [0.15, 0.2) is 0 Å². The minimum Gasteiger partial charge on any atom is -0.352 e. The van der Waals surface area contributed by atoms with Crippen molar-refractivity contribution in [3.05, 3.63) is 59.7 Å². The molecule has 0 aliphatic heterocycles. The first-order chi connectivity index (χ1) is 13.3. The van der Waals surface area contributed by atoms with E-state index in [0.717, 1.165) is 16.3 Å². The van der Waals surface area contributed by atoms with E-state index in [-0.39, 0.29) is 17.3 Å². The van der Waals surface area contributed by atoms with Crippen molar-refractivity contribution in [1.82, 2.24) is 9.62 Å². The number of carbonyl (C=O) groups excluding carboxylic acids is 2. The summed E-state index contributed by atoms with van der Waals surface area (Å²) < 4.78 is 26.2. The summed E-state index contributed by atoms with van der Waals surface area (Å²) >= 11 is 0. The Morgan fingerprint density at radius 1 is 1.04 bits per heavy atom. The van der Waals surface area contributed by atoms with E-state index in [0.29, 0.717) is 17.8 Å². The number of para-hydroxylation sites is 1. The number of aryl methyl sites for hydroxylation is 1. The zero-order valence-corrected chi connectivity index (χ0v) is 17.0. The maximum atomic E-state index is 12.6. The van der Waals surface area contributed by atoms with Crippen molar-refractivity contribution in [2.75, 3.05) is 25.5 Å². The molecule has 2 aromatic carbocycles. The molecule has 7 nitrogen and oxygen atoms in total. The SMILES string of the molecule is CCCNC(=O)c1ccccc1NC(=O)CN(C)S(=O)(=O)c1ccc(C)cc1. The van der Waals surface area contributed by atoms with Gasteiger partial charge in [0.2, 0.25) is 15.9 Å². The molecule has 0 saturated carbocycles. The van der Waals surface area contributed by atoms with Crippen LogP contribution >= 0.6 is 0 Å². The molecule has 28 heavy (non-hydrogen) atoms. The van der Waals surface area contributed by atoms with Crippen LogP contribution in [0.3, 0.4) is 0 Å². The lowest BCUT2D eigenvalue weighted by molar-refractivity contribution is -0.116. The van der Waals surface area contributed by atoms with Crippen LogP contribution in [0.15, 0.2) is 53.4 Å². The van der Waals surface area contributed by atoms with Gasteiger partial charge in [0.05, 0.1) is 22.7 Å². The molecule has 0 fully saturated rings. The van der Waals surface area contributed by atoms with E-state index >= 15 is 0 Å². The summed E-state index contributed by atoms with van der Waals surface area (Å²) in [4.78, 5) is 24.7. The van der Waals surface area contributed by atoms with Crippen molar-refractivity contribution < 1.29 is 18.0 Å². The molecule has 2 amide bonds. The molecule has 0 heterocycles. The normalized spacial score (nSPS) is 11.3. The Bertz CT molecular complexity index is 940. The van der Waals surface area contributed by atoms with Crippen LogP contribution in [-0.2, 0) is 14.8 Å². The van der Waals surface area contributed by atoms with E-state index in [9.17, 15) is 18.0 Å². The Balaban J connectivity index is 2.10. The summed E-state index contributed by atoms with van der Waals surface area (Å²) in [5, 5.41) is 5.38. The van der Waals surface area contributed by atoms with E-state index in [1.165, 1.54) is 19.2 Å². The van der Waals surface area contributed by atoms with Gasteiger partial charge in [-0.15, -0.1) is 0 Å². The number of likely N-dealkylation sites (N-methyl/N-ethyl adjacent to an activating group) is 1. The van der Waals surface area contributed by atoms with Gasteiger partial charge in [0, 0.05) is 13.6 Å². The molecule has 0 aliphatic rings. The fraction of sp³-hybridized carbons (Fsp3) is 0.300. The van der Waals surface area contributed by atoms with Crippen molar-refractivity contribution in [2.45, 2.75) is 25.2 Å². The number of benzene rings is 2. The summed E-state index contributed by atoms with van der Waals surface area (Å²) in [5.74, 6) is -0.827. The number of nitrogens with one attached hydrogen (secondary N) is 2. The standard InChI is InChI=1S/C20H25N3O4S/c1-4-13-21-20(25)17-7-5-6-8-18(17)22-19(24)14-23(3)28(26,27)16-11-9-15(2)10-12-16/h5-12H,4,13-14H2,1-3H3,(H,21,25)(H,22,24). The van der Waals surface area contributed by atoms with E-state index in [4.69, 9.17) is 0 Å². The second-order valence-electron chi connectivity index (χ2n) is 6.42. The molecule has 0 radical (unpaired) electrons. The van der Waals surface area contributed by atoms with Gasteiger partial charge in [-0.2, -0.15) is 4.31 Å². The summed E-state index contributed by atoms with van der Waals surface area (Å²) in [6.45, 7) is 3.96. The first kappa shape index (κ1) is 21.6. The number of amides is 2. The van der Waals surface area contributed by atoms with E-state index in [1.807, 2.05) is 13.8 Å².